The summed E-state index contributed by atoms with van der Waals surface area (Å²) in [7, 11) is 0. The molecule has 0 fully saturated rings. The monoisotopic (exact) mass is 238 g/mol. The summed E-state index contributed by atoms with van der Waals surface area (Å²) >= 11 is 0. The molecule has 2 heteroatoms. The molecule has 18 heavy (non-hydrogen) atoms. The molecule has 1 heterocycles. The van der Waals surface area contributed by atoms with Crippen LogP contribution in [0.3, 0.4) is 0 Å². The molecule has 0 radical (unpaired) electrons. The van der Waals surface area contributed by atoms with Gasteiger partial charge in [-0.05, 0) is 25.0 Å². The Bertz CT molecular complexity index is 584. The van der Waals surface area contributed by atoms with Crippen molar-refractivity contribution in [1.82, 2.24) is 4.98 Å². The van der Waals surface area contributed by atoms with Gasteiger partial charge in [-0.15, -0.1) is 0 Å². The first-order valence-corrected chi connectivity index (χ1v) is 6.52. The lowest BCUT2D eigenvalue weighted by Crippen LogP contribution is -1.81. The Morgan fingerprint density at radius 3 is 2.94 bits per heavy atom. The number of unbranched alkanes of at least 4 members (excludes halogenated alkanes) is 2. The summed E-state index contributed by atoms with van der Waals surface area (Å²) in [6.07, 6.45) is 8.33. The SMILES string of the molecule is CCCCC/C(C#N)=C/c1c[nH]c2ccccc12. The van der Waals surface area contributed by atoms with E-state index in [0.717, 1.165) is 29.5 Å². The second kappa shape index (κ2) is 6.07. The second-order valence-electron chi connectivity index (χ2n) is 4.53. The zero-order valence-electron chi connectivity index (χ0n) is 10.7. The highest BCUT2D eigenvalue weighted by molar-refractivity contribution is 5.89. The van der Waals surface area contributed by atoms with Crippen LogP contribution in [0.5, 0.6) is 0 Å². The van der Waals surface area contributed by atoms with Crippen molar-refractivity contribution in [3.63, 3.8) is 0 Å². The van der Waals surface area contributed by atoms with Crippen LogP contribution in [0.15, 0.2) is 36.0 Å². The number of nitriles is 1. The van der Waals surface area contributed by atoms with Gasteiger partial charge in [-0.25, -0.2) is 0 Å². The molecule has 2 aromatic rings. The molecule has 0 saturated heterocycles. The van der Waals surface area contributed by atoms with Gasteiger partial charge in [-0.3, -0.25) is 0 Å². The predicted octanol–water partition coefficient (Wildman–Crippen LogP) is 4.66. The van der Waals surface area contributed by atoms with Crippen molar-refractivity contribution in [2.75, 3.05) is 0 Å². The van der Waals surface area contributed by atoms with E-state index in [1.54, 1.807) is 0 Å². The van der Waals surface area contributed by atoms with E-state index in [1.807, 2.05) is 24.4 Å². The van der Waals surface area contributed by atoms with Crippen LogP contribution in [-0.4, -0.2) is 4.98 Å². The summed E-state index contributed by atoms with van der Waals surface area (Å²) < 4.78 is 0. The fourth-order valence-electron chi connectivity index (χ4n) is 2.13. The fraction of sp³-hybridized carbons (Fsp3) is 0.312. The van der Waals surface area contributed by atoms with Crippen LogP contribution in [0.1, 0.15) is 38.2 Å². The molecule has 0 unspecified atom stereocenters. The molecule has 2 rings (SSSR count). The molecular formula is C16H18N2. The summed E-state index contributed by atoms with van der Waals surface area (Å²) in [6.45, 7) is 2.18. The number of H-pyrrole nitrogens is 1. The molecule has 1 aromatic heterocycles. The number of fused-ring (bicyclic) bond motifs is 1. The van der Waals surface area contributed by atoms with Crippen LogP contribution in [-0.2, 0) is 0 Å². The summed E-state index contributed by atoms with van der Waals surface area (Å²) in [5.74, 6) is 0. The van der Waals surface area contributed by atoms with E-state index in [4.69, 9.17) is 5.26 Å². The Balaban J connectivity index is 2.22. The van der Waals surface area contributed by atoms with Crippen molar-refractivity contribution in [3.05, 3.63) is 41.6 Å². The maximum atomic E-state index is 9.17. The summed E-state index contributed by atoms with van der Waals surface area (Å²) in [5.41, 5.74) is 3.10. The third-order valence-electron chi connectivity index (χ3n) is 3.14. The number of nitrogens with one attached hydrogen (secondary N) is 1. The minimum atomic E-state index is 0.869. The standard InChI is InChI=1S/C16H18N2/c1-2-3-4-7-13(11-17)10-14-12-18-16-9-6-5-8-15(14)16/h5-6,8-10,12,18H,2-4,7H2,1H3/b13-10-. The van der Waals surface area contributed by atoms with Gasteiger partial charge >= 0.3 is 0 Å². The number of allylic oxidation sites excluding steroid dienone is 1. The van der Waals surface area contributed by atoms with Crippen LogP contribution < -0.4 is 0 Å². The van der Waals surface area contributed by atoms with E-state index in [2.05, 4.69) is 30.1 Å². The molecule has 0 aliphatic rings. The zero-order valence-corrected chi connectivity index (χ0v) is 10.7. The molecule has 1 aromatic carbocycles. The van der Waals surface area contributed by atoms with Crippen LogP contribution >= 0.6 is 0 Å². The van der Waals surface area contributed by atoms with Gasteiger partial charge in [-0.1, -0.05) is 38.0 Å². The predicted molar refractivity (Wildman–Crippen MR) is 76.0 cm³/mol. The van der Waals surface area contributed by atoms with Gasteiger partial charge in [0.1, 0.15) is 0 Å². The number of para-hydroxylation sites is 1. The topological polar surface area (TPSA) is 39.6 Å². The highest BCUT2D eigenvalue weighted by atomic mass is 14.7. The molecule has 0 bridgehead atoms. The molecule has 0 saturated carbocycles. The smallest absolute Gasteiger partial charge is 0.0947 e. The van der Waals surface area contributed by atoms with Crippen LogP contribution in [0.25, 0.3) is 17.0 Å². The molecule has 2 nitrogen and oxygen atoms in total. The minimum Gasteiger partial charge on any atom is -0.361 e. The summed E-state index contributed by atoms with van der Waals surface area (Å²) in [6, 6.07) is 10.5. The number of rotatable bonds is 5. The highest BCUT2D eigenvalue weighted by Gasteiger charge is 2.02. The van der Waals surface area contributed by atoms with Gasteiger partial charge in [0.15, 0.2) is 0 Å². The van der Waals surface area contributed by atoms with Gasteiger partial charge in [0.25, 0.3) is 0 Å². The molecule has 0 aliphatic carbocycles. The zero-order chi connectivity index (χ0) is 12.8. The minimum absolute atomic E-state index is 0.869. The maximum absolute atomic E-state index is 9.17. The largest absolute Gasteiger partial charge is 0.361 e. The van der Waals surface area contributed by atoms with E-state index in [0.29, 0.717) is 0 Å². The van der Waals surface area contributed by atoms with Gasteiger partial charge in [-0.2, -0.15) is 5.26 Å². The number of hydrogen-bond acceptors (Lipinski definition) is 1. The van der Waals surface area contributed by atoms with Crippen molar-refractivity contribution in [2.45, 2.75) is 32.6 Å². The van der Waals surface area contributed by atoms with Crippen molar-refractivity contribution in [2.24, 2.45) is 0 Å². The Hall–Kier alpha value is -2.01. The summed E-state index contributed by atoms with van der Waals surface area (Å²) in [4.78, 5) is 3.23. The number of benzene rings is 1. The molecule has 0 aliphatic heterocycles. The molecule has 92 valence electrons. The maximum Gasteiger partial charge on any atom is 0.0947 e. The van der Waals surface area contributed by atoms with Gasteiger partial charge in [0.2, 0.25) is 0 Å². The van der Waals surface area contributed by atoms with Crippen molar-refractivity contribution >= 4 is 17.0 Å². The normalized spacial score (nSPS) is 11.7. The van der Waals surface area contributed by atoms with E-state index in [1.165, 1.54) is 18.2 Å². The van der Waals surface area contributed by atoms with Crippen molar-refractivity contribution in [1.29, 1.82) is 5.26 Å². The number of aromatic nitrogens is 1. The first-order chi connectivity index (χ1) is 8.85. The number of nitrogens with zero attached hydrogens (tertiary/aromatic N) is 1. The molecular weight excluding hydrogens is 220 g/mol. The van der Waals surface area contributed by atoms with Crippen molar-refractivity contribution < 1.29 is 0 Å². The van der Waals surface area contributed by atoms with Crippen LogP contribution in [0.4, 0.5) is 0 Å². The fourth-order valence-corrected chi connectivity index (χ4v) is 2.13. The molecule has 0 amide bonds. The molecule has 1 N–H and O–H groups in total. The van der Waals surface area contributed by atoms with Gasteiger partial charge < -0.3 is 4.98 Å². The lowest BCUT2D eigenvalue weighted by atomic mass is 10.0. The number of aromatic amines is 1. The second-order valence-corrected chi connectivity index (χ2v) is 4.53. The number of hydrogen-bond donors (Lipinski definition) is 1. The Kier molecular flexibility index (Phi) is 4.20. The van der Waals surface area contributed by atoms with E-state index in [-0.39, 0.29) is 0 Å². The quantitative estimate of drug-likeness (QED) is 0.597. The third kappa shape index (κ3) is 2.81. The van der Waals surface area contributed by atoms with E-state index >= 15 is 0 Å². The Labute approximate surface area is 108 Å². The van der Waals surface area contributed by atoms with Gasteiger partial charge in [0, 0.05) is 28.2 Å². The summed E-state index contributed by atoms with van der Waals surface area (Å²) in [5, 5.41) is 10.3. The van der Waals surface area contributed by atoms with Crippen LogP contribution in [0, 0.1) is 11.3 Å². The lowest BCUT2D eigenvalue weighted by molar-refractivity contribution is 0.722. The van der Waals surface area contributed by atoms with Crippen molar-refractivity contribution in [3.8, 4) is 6.07 Å². The lowest BCUT2D eigenvalue weighted by Gasteiger charge is -1.98. The van der Waals surface area contributed by atoms with E-state index in [9.17, 15) is 0 Å². The Morgan fingerprint density at radius 2 is 2.17 bits per heavy atom. The Morgan fingerprint density at radius 1 is 1.33 bits per heavy atom. The van der Waals surface area contributed by atoms with E-state index < -0.39 is 0 Å². The van der Waals surface area contributed by atoms with Gasteiger partial charge in [0.05, 0.1) is 6.07 Å². The molecule has 0 spiro atoms. The first-order valence-electron chi connectivity index (χ1n) is 6.52. The average Bonchev–Trinajstić information content (AvgIpc) is 2.81. The highest BCUT2D eigenvalue weighted by Crippen LogP contribution is 2.21. The first kappa shape index (κ1) is 12.4. The average molecular weight is 238 g/mol. The van der Waals surface area contributed by atoms with Crippen LogP contribution in [0.2, 0.25) is 0 Å². The molecule has 0 atom stereocenters. The third-order valence-corrected chi connectivity index (χ3v) is 3.14.